The highest BCUT2D eigenvalue weighted by atomic mass is 79.9. The molecular weight excluding hydrogens is 264 g/mol. The van der Waals surface area contributed by atoms with Crippen LogP contribution >= 0.6 is 15.9 Å². The van der Waals surface area contributed by atoms with E-state index in [2.05, 4.69) is 52.1 Å². The highest BCUT2D eigenvalue weighted by molar-refractivity contribution is 9.10. The molecule has 0 radical (unpaired) electrons. The molecule has 2 nitrogen and oxygen atoms in total. The zero-order valence-corrected chi connectivity index (χ0v) is 11.3. The maximum absolute atomic E-state index is 6.29. The van der Waals surface area contributed by atoms with Gasteiger partial charge in [-0.05, 0) is 44.1 Å². The maximum atomic E-state index is 6.29. The molecule has 1 heterocycles. The Morgan fingerprint density at radius 1 is 1.38 bits per heavy atom. The van der Waals surface area contributed by atoms with Crippen molar-refractivity contribution in [2.75, 3.05) is 13.6 Å². The Balaban J connectivity index is 2.28. The highest BCUT2D eigenvalue weighted by Crippen LogP contribution is 2.29. The predicted octanol–water partition coefficient (Wildman–Crippen LogP) is 2.93. The van der Waals surface area contributed by atoms with Gasteiger partial charge in [0.15, 0.2) is 0 Å². The van der Waals surface area contributed by atoms with Gasteiger partial charge in [0.1, 0.15) is 0 Å². The summed E-state index contributed by atoms with van der Waals surface area (Å²) in [6, 6.07) is 9.13. The summed E-state index contributed by atoms with van der Waals surface area (Å²) in [6.07, 6.45) is 3.63. The van der Waals surface area contributed by atoms with Crippen LogP contribution in [0.15, 0.2) is 28.7 Å². The Morgan fingerprint density at radius 2 is 2.19 bits per heavy atom. The van der Waals surface area contributed by atoms with Crippen molar-refractivity contribution in [2.45, 2.75) is 31.3 Å². The van der Waals surface area contributed by atoms with Gasteiger partial charge < -0.3 is 5.73 Å². The first-order valence-electron chi connectivity index (χ1n) is 5.90. The van der Waals surface area contributed by atoms with Crippen LogP contribution in [-0.4, -0.2) is 24.5 Å². The topological polar surface area (TPSA) is 29.3 Å². The van der Waals surface area contributed by atoms with E-state index >= 15 is 0 Å². The fourth-order valence-electron chi connectivity index (χ4n) is 2.56. The largest absolute Gasteiger partial charge is 0.326 e. The second-order valence-electron chi connectivity index (χ2n) is 4.64. The van der Waals surface area contributed by atoms with E-state index in [0.717, 1.165) is 17.4 Å². The van der Waals surface area contributed by atoms with Gasteiger partial charge in [0.05, 0.1) is 0 Å². The Hall–Kier alpha value is -0.380. The maximum Gasteiger partial charge on any atom is 0.0496 e. The van der Waals surface area contributed by atoms with Crippen LogP contribution in [0, 0.1) is 0 Å². The molecule has 1 aromatic carbocycles. The van der Waals surface area contributed by atoms with Crippen LogP contribution in [-0.2, 0) is 0 Å². The van der Waals surface area contributed by atoms with Gasteiger partial charge in [-0.1, -0.05) is 34.5 Å². The minimum absolute atomic E-state index is 0.252. The average molecular weight is 283 g/mol. The monoisotopic (exact) mass is 282 g/mol. The summed E-state index contributed by atoms with van der Waals surface area (Å²) in [5.74, 6) is 0. The van der Waals surface area contributed by atoms with Crippen LogP contribution in [0.25, 0.3) is 0 Å². The van der Waals surface area contributed by atoms with Gasteiger partial charge in [0.25, 0.3) is 0 Å². The molecule has 2 N–H and O–H groups in total. The Labute approximate surface area is 106 Å². The number of likely N-dealkylation sites (tertiary alicyclic amines) is 1. The molecule has 0 bridgehead atoms. The van der Waals surface area contributed by atoms with Crippen molar-refractivity contribution in [2.24, 2.45) is 5.73 Å². The Kier molecular flexibility index (Phi) is 4.00. The van der Waals surface area contributed by atoms with E-state index in [4.69, 9.17) is 5.73 Å². The van der Waals surface area contributed by atoms with E-state index in [1.54, 1.807) is 0 Å². The van der Waals surface area contributed by atoms with Gasteiger partial charge in [0.2, 0.25) is 0 Å². The van der Waals surface area contributed by atoms with Crippen LogP contribution in [0.2, 0.25) is 0 Å². The second-order valence-corrected chi connectivity index (χ2v) is 5.56. The minimum atomic E-state index is 0.252. The quantitative estimate of drug-likeness (QED) is 0.858. The third kappa shape index (κ3) is 2.65. The van der Waals surface area contributed by atoms with E-state index in [9.17, 15) is 0 Å². The van der Waals surface area contributed by atoms with Gasteiger partial charge in [-0.15, -0.1) is 0 Å². The lowest BCUT2D eigenvalue weighted by Crippen LogP contribution is -2.37. The fraction of sp³-hybridized carbons (Fsp3) is 0.538. The molecule has 16 heavy (non-hydrogen) atoms. The van der Waals surface area contributed by atoms with Crippen molar-refractivity contribution in [1.29, 1.82) is 0 Å². The molecule has 3 heteroatoms. The highest BCUT2D eigenvalue weighted by Gasteiger charge is 2.26. The summed E-state index contributed by atoms with van der Waals surface area (Å²) in [7, 11) is 2.18. The second kappa shape index (κ2) is 5.30. The first kappa shape index (κ1) is 12.1. The van der Waals surface area contributed by atoms with Crippen molar-refractivity contribution >= 4 is 15.9 Å². The van der Waals surface area contributed by atoms with Crippen LogP contribution in [0.4, 0.5) is 0 Å². The van der Waals surface area contributed by atoms with Crippen molar-refractivity contribution in [3.63, 3.8) is 0 Å². The molecule has 1 aliphatic rings. The SMILES string of the molecule is CN1CCCCC(N)C1c1cccc(Br)c1. The molecule has 2 atom stereocenters. The number of rotatable bonds is 1. The summed E-state index contributed by atoms with van der Waals surface area (Å²) in [4.78, 5) is 2.39. The van der Waals surface area contributed by atoms with Crippen molar-refractivity contribution < 1.29 is 0 Å². The van der Waals surface area contributed by atoms with Crippen LogP contribution in [0.1, 0.15) is 30.9 Å². The third-order valence-electron chi connectivity index (χ3n) is 3.37. The zero-order chi connectivity index (χ0) is 11.5. The number of nitrogens with zero attached hydrogens (tertiary/aromatic N) is 1. The van der Waals surface area contributed by atoms with E-state index < -0.39 is 0 Å². The third-order valence-corrected chi connectivity index (χ3v) is 3.86. The number of halogens is 1. The Bertz CT molecular complexity index is 342. The minimum Gasteiger partial charge on any atom is -0.326 e. The lowest BCUT2D eigenvalue weighted by molar-refractivity contribution is 0.230. The number of hydrogen-bond donors (Lipinski definition) is 1. The number of likely N-dealkylation sites (N-methyl/N-ethyl adjacent to an activating group) is 1. The van der Waals surface area contributed by atoms with Gasteiger partial charge in [-0.2, -0.15) is 0 Å². The van der Waals surface area contributed by atoms with E-state index in [1.807, 2.05) is 0 Å². The predicted molar refractivity (Wildman–Crippen MR) is 71.3 cm³/mol. The first-order valence-corrected chi connectivity index (χ1v) is 6.69. The van der Waals surface area contributed by atoms with E-state index in [-0.39, 0.29) is 6.04 Å². The van der Waals surface area contributed by atoms with Gasteiger partial charge in [-0.3, -0.25) is 4.90 Å². The molecule has 88 valence electrons. The van der Waals surface area contributed by atoms with E-state index in [0.29, 0.717) is 6.04 Å². The number of hydrogen-bond acceptors (Lipinski definition) is 2. The molecule has 2 rings (SSSR count). The zero-order valence-electron chi connectivity index (χ0n) is 9.70. The van der Waals surface area contributed by atoms with Crippen LogP contribution < -0.4 is 5.73 Å². The van der Waals surface area contributed by atoms with E-state index in [1.165, 1.54) is 18.4 Å². The lowest BCUT2D eigenvalue weighted by atomic mass is 9.97. The summed E-state index contributed by atoms with van der Waals surface area (Å²) in [5.41, 5.74) is 7.62. The molecule has 1 fully saturated rings. The molecular formula is C13H19BrN2. The molecule has 2 unspecified atom stereocenters. The molecule has 1 aliphatic heterocycles. The number of nitrogens with two attached hydrogens (primary N) is 1. The smallest absolute Gasteiger partial charge is 0.0496 e. The first-order chi connectivity index (χ1) is 7.68. The summed E-state index contributed by atoms with van der Waals surface area (Å²) in [6.45, 7) is 1.14. The molecule has 0 spiro atoms. The van der Waals surface area contributed by atoms with Crippen molar-refractivity contribution in [1.82, 2.24) is 4.90 Å². The molecule has 1 aromatic rings. The summed E-state index contributed by atoms with van der Waals surface area (Å²) in [5, 5.41) is 0. The Morgan fingerprint density at radius 3 is 2.94 bits per heavy atom. The summed E-state index contributed by atoms with van der Waals surface area (Å²) >= 11 is 3.53. The standard InChI is InChI=1S/C13H19BrN2/c1-16-8-3-2-7-12(15)13(16)10-5-4-6-11(14)9-10/h4-6,9,12-13H,2-3,7-8,15H2,1H3. The number of benzene rings is 1. The average Bonchev–Trinajstić information content (AvgIpc) is 2.40. The van der Waals surface area contributed by atoms with Gasteiger partial charge >= 0.3 is 0 Å². The molecule has 1 saturated heterocycles. The van der Waals surface area contributed by atoms with Gasteiger partial charge in [0, 0.05) is 16.6 Å². The molecule has 0 amide bonds. The fourth-order valence-corrected chi connectivity index (χ4v) is 2.97. The normalized spacial score (nSPS) is 27.7. The molecule has 0 aromatic heterocycles. The molecule has 0 aliphatic carbocycles. The lowest BCUT2D eigenvalue weighted by Gasteiger charge is -2.30. The van der Waals surface area contributed by atoms with Crippen LogP contribution in [0.3, 0.4) is 0 Å². The summed E-state index contributed by atoms with van der Waals surface area (Å²) < 4.78 is 1.13. The molecule has 0 saturated carbocycles. The van der Waals surface area contributed by atoms with Crippen molar-refractivity contribution in [3.8, 4) is 0 Å². The van der Waals surface area contributed by atoms with Crippen molar-refractivity contribution in [3.05, 3.63) is 34.3 Å². The van der Waals surface area contributed by atoms with Crippen LogP contribution in [0.5, 0.6) is 0 Å². The van der Waals surface area contributed by atoms with Gasteiger partial charge in [-0.25, -0.2) is 0 Å².